The zero-order valence-electron chi connectivity index (χ0n) is 19.0. The van der Waals surface area contributed by atoms with Crippen LogP contribution in [0.15, 0.2) is 48.0 Å². The highest BCUT2D eigenvalue weighted by Crippen LogP contribution is 2.35. The molecule has 0 radical (unpaired) electrons. The monoisotopic (exact) mass is 470 g/mol. The average Bonchev–Trinajstić information content (AvgIpc) is 3.28. The van der Waals surface area contributed by atoms with E-state index in [1.807, 2.05) is 34.7 Å². The molecule has 6 nitrogen and oxygen atoms in total. The first-order valence-electron chi connectivity index (χ1n) is 11.2. The molecule has 0 spiro atoms. The Hall–Kier alpha value is -3.49. The van der Waals surface area contributed by atoms with Gasteiger partial charge in [0.2, 0.25) is 0 Å². The molecule has 2 aliphatic rings. The van der Waals surface area contributed by atoms with Gasteiger partial charge in [0, 0.05) is 18.7 Å². The first kappa shape index (κ1) is 22.3. The van der Waals surface area contributed by atoms with Gasteiger partial charge in [-0.3, -0.25) is 0 Å². The summed E-state index contributed by atoms with van der Waals surface area (Å²) in [6.07, 6.45) is 6.20. The van der Waals surface area contributed by atoms with Crippen molar-refractivity contribution < 1.29 is 22.7 Å². The summed E-state index contributed by atoms with van der Waals surface area (Å²) in [7, 11) is 1.64. The Kier molecular flexibility index (Phi) is 5.93. The normalized spacial score (nSPS) is 19.9. The number of nitrogens with zero attached hydrogens (tertiary/aromatic N) is 4. The Bertz CT molecular complexity index is 1220. The molecular weight excluding hydrogens is 445 g/mol. The third kappa shape index (κ3) is 4.10. The van der Waals surface area contributed by atoms with E-state index in [2.05, 4.69) is 16.2 Å². The summed E-state index contributed by atoms with van der Waals surface area (Å²) in [5, 5.41) is 4.32. The minimum atomic E-state index is -1.46. The van der Waals surface area contributed by atoms with E-state index in [4.69, 9.17) is 9.57 Å². The molecule has 0 amide bonds. The van der Waals surface area contributed by atoms with Crippen LogP contribution in [0.1, 0.15) is 35.7 Å². The lowest BCUT2D eigenvalue weighted by molar-refractivity contribution is 0.0472. The third-order valence-electron chi connectivity index (χ3n) is 6.48. The summed E-state index contributed by atoms with van der Waals surface area (Å²) in [5.74, 6) is -2.31. The van der Waals surface area contributed by atoms with Crippen molar-refractivity contribution in [1.29, 1.82) is 0 Å². The standard InChI is InChI=1S/C25H25F3N4O2/c1-15-12-31(14-29-15)21-6-5-16(9-23(21)33-2)8-17-4-3-7-32-22(13-34-30-25(17)32)18-10-19(26)24(28)20(27)11-18/h5-6,9-12,14,17,22H,3-4,7-8,13H2,1-2H3. The second-order valence-corrected chi connectivity index (χ2v) is 8.72. The van der Waals surface area contributed by atoms with Gasteiger partial charge in [-0.1, -0.05) is 11.2 Å². The van der Waals surface area contributed by atoms with Gasteiger partial charge < -0.3 is 19.0 Å². The molecule has 34 heavy (non-hydrogen) atoms. The summed E-state index contributed by atoms with van der Waals surface area (Å²) in [5.41, 5.74) is 3.23. The summed E-state index contributed by atoms with van der Waals surface area (Å²) >= 11 is 0. The lowest BCUT2D eigenvalue weighted by Gasteiger charge is -2.42. The molecule has 3 heterocycles. The highest BCUT2D eigenvalue weighted by molar-refractivity contribution is 5.86. The molecule has 9 heteroatoms. The predicted molar refractivity (Wildman–Crippen MR) is 120 cm³/mol. The summed E-state index contributed by atoms with van der Waals surface area (Å²) in [6.45, 7) is 2.76. The van der Waals surface area contributed by atoms with Crippen LogP contribution in [-0.4, -0.2) is 40.5 Å². The first-order valence-corrected chi connectivity index (χ1v) is 11.2. The number of aromatic nitrogens is 2. The summed E-state index contributed by atoms with van der Waals surface area (Å²) in [4.78, 5) is 11.8. The minimum Gasteiger partial charge on any atom is -0.495 e. The number of piperidine rings is 1. The number of hydrogen-bond acceptors (Lipinski definition) is 5. The molecule has 3 aromatic rings. The lowest BCUT2D eigenvalue weighted by atomic mass is 9.88. The number of amidine groups is 1. The van der Waals surface area contributed by atoms with Gasteiger partial charge in [0.15, 0.2) is 17.5 Å². The Morgan fingerprint density at radius 1 is 1.15 bits per heavy atom. The number of ether oxygens (including phenoxy) is 1. The Morgan fingerprint density at radius 2 is 1.94 bits per heavy atom. The van der Waals surface area contributed by atoms with E-state index in [0.717, 1.165) is 53.5 Å². The van der Waals surface area contributed by atoms with Gasteiger partial charge in [-0.15, -0.1) is 0 Å². The second kappa shape index (κ2) is 9.04. The van der Waals surface area contributed by atoms with Crippen LogP contribution in [-0.2, 0) is 11.3 Å². The fourth-order valence-corrected chi connectivity index (χ4v) is 4.83. The Balaban J connectivity index is 1.39. The van der Waals surface area contributed by atoms with E-state index in [-0.39, 0.29) is 12.5 Å². The van der Waals surface area contributed by atoms with Crippen molar-refractivity contribution in [3.05, 3.63) is 77.1 Å². The van der Waals surface area contributed by atoms with Crippen LogP contribution in [0.4, 0.5) is 13.2 Å². The van der Waals surface area contributed by atoms with Gasteiger partial charge in [-0.05, 0) is 61.6 Å². The fraction of sp³-hybridized carbons (Fsp3) is 0.360. The highest BCUT2D eigenvalue weighted by atomic mass is 19.2. The number of benzene rings is 2. The summed E-state index contributed by atoms with van der Waals surface area (Å²) in [6, 6.07) is 7.72. The van der Waals surface area contributed by atoms with Gasteiger partial charge in [-0.25, -0.2) is 18.2 Å². The van der Waals surface area contributed by atoms with Gasteiger partial charge in [0.25, 0.3) is 0 Å². The number of fused-ring (bicyclic) bond motifs is 1. The molecule has 2 aliphatic heterocycles. The molecule has 5 rings (SSSR count). The number of aryl methyl sites for hydroxylation is 1. The minimum absolute atomic E-state index is 0.0673. The van der Waals surface area contributed by atoms with E-state index in [1.165, 1.54) is 0 Å². The Morgan fingerprint density at radius 3 is 2.65 bits per heavy atom. The molecule has 0 N–H and O–H groups in total. The number of imidazole rings is 1. The quantitative estimate of drug-likeness (QED) is 0.496. The average molecular weight is 470 g/mol. The number of rotatable bonds is 5. The van der Waals surface area contributed by atoms with Crippen LogP contribution in [0.3, 0.4) is 0 Å². The van der Waals surface area contributed by atoms with Crippen LogP contribution in [0.5, 0.6) is 5.75 Å². The smallest absolute Gasteiger partial charge is 0.194 e. The van der Waals surface area contributed by atoms with Crippen LogP contribution in [0.2, 0.25) is 0 Å². The van der Waals surface area contributed by atoms with E-state index in [1.54, 1.807) is 13.4 Å². The lowest BCUT2D eigenvalue weighted by Crippen LogP contribution is -2.47. The summed E-state index contributed by atoms with van der Waals surface area (Å²) < 4.78 is 48.8. The van der Waals surface area contributed by atoms with Crippen LogP contribution in [0.25, 0.3) is 5.69 Å². The predicted octanol–water partition coefficient (Wildman–Crippen LogP) is 4.95. The maximum atomic E-state index is 13.9. The van der Waals surface area contributed by atoms with Gasteiger partial charge in [0.1, 0.15) is 18.2 Å². The number of methoxy groups -OCH3 is 1. The van der Waals surface area contributed by atoms with E-state index < -0.39 is 23.5 Å². The molecule has 0 saturated carbocycles. The fourth-order valence-electron chi connectivity index (χ4n) is 4.83. The SMILES string of the molecule is COc1cc(CC2CCCN3C2=NOCC3c2cc(F)c(F)c(F)c2)ccc1-n1cnc(C)c1. The maximum absolute atomic E-state index is 13.9. The van der Waals surface area contributed by atoms with Crippen molar-refractivity contribution in [2.75, 3.05) is 20.3 Å². The molecule has 0 bridgehead atoms. The van der Waals surface area contributed by atoms with Gasteiger partial charge in [-0.2, -0.15) is 0 Å². The van der Waals surface area contributed by atoms with E-state index in [9.17, 15) is 13.2 Å². The van der Waals surface area contributed by atoms with Gasteiger partial charge in [0.05, 0.1) is 30.9 Å². The van der Waals surface area contributed by atoms with Crippen molar-refractivity contribution in [3.63, 3.8) is 0 Å². The molecule has 1 saturated heterocycles. The van der Waals surface area contributed by atoms with Gasteiger partial charge >= 0.3 is 0 Å². The number of halogens is 3. The van der Waals surface area contributed by atoms with Crippen molar-refractivity contribution in [2.45, 2.75) is 32.2 Å². The Labute approximate surface area is 195 Å². The zero-order chi connectivity index (χ0) is 23.8. The van der Waals surface area contributed by atoms with Crippen molar-refractivity contribution in [3.8, 4) is 11.4 Å². The van der Waals surface area contributed by atoms with Crippen LogP contribution >= 0.6 is 0 Å². The van der Waals surface area contributed by atoms with Crippen molar-refractivity contribution in [1.82, 2.24) is 14.5 Å². The molecule has 178 valence electrons. The van der Waals surface area contributed by atoms with E-state index in [0.29, 0.717) is 18.5 Å². The molecule has 1 aromatic heterocycles. The molecule has 2 unspecified atom stereocenters. The molecule has 0 aliphatic carbocycles. The van der Waals surface area contributed by atoms with Crippen molar-refractivity contribution >= 4 is 5.84 Å². The third-order valence-corrected chi connectivity index (χ3v) is 6.48. The molecule has 2 aromatic carbocycles. The second-order valence-electron chi connectivity index (χ2n) is 8.72. The van der Waals surface area contributed by atoms with E-state index >= 15 is 0 Å². The highest BCUT2D eigenvalue weighted by Gasteiger charge is 2.36. The maximum Gasteiger partial charge on any atom is 0.194 e. The molecule has 2 atom stereocenters. The number of oxime groups is 1. The largest absolute Gasteiger partial charge is 0.495 e. The number of hydrogen-bond donors (Lipinski definition) is 0. The van der Waals surface area contributed by atoms with Crippen molar-refractivity contribution in [2.24, 2.45) is 11.1 Å². The van der Waals surface area contributed by atoms with Crippen LogP contribution < -0.4 is 4.74 Å². The first-order chi connectivity index (χ1) is 16.4. The molecular formula is C25H25F3N4O2. The van der Waals surface area contributed by atoms with Crippen LogP contribution in [0, 0.1) is 30.3 Å². The molecule has 1 fully saturated rings. The topological polar surface area (TPSA) is 51.9 Å². The zero-order valence-corrected chi connectivity index (χ0v) is 19.0.